The first-order valence-corrected chi connectivity index (χ1v) is 9.73. The second-order valence-corrected chi connectivity index (χ2v) is 9.15. The Morgan fingerprint density at radius 1 is 1.04 bits per heavy atom. The van der Waals surface area contributed by atoms with Crippen molar-refractivity contribution in [2.45, 2.75) is 51.5 Å². The van der Waals surface area contributed by atoms with Gasteiger partial charge < -0.3 is 10.2 Å². The highest BCUT2D eigenvalue weighted by Gasteiger charge is 2.53. The summed E-state index contributed by atoms with van der Waals surface area (Å²) in [6.07, 6.45) is 8.53. The van der Waals surface area contributed by atoms with Crippen LogP contribution in [0.4, 0.5) is 0 Å². The number of likely N-dealkylation sites (N-methyl/N-ethyl adjacent to an activating group) is 1. The number of rotatable bonds is 4. The van der Waals surface area contributed by atoms with Crippen molar-refractivity contribution in [2.24, 2.45) is 23.2 Å². The van der Waals surface area contributed by atoms with Crippen molar-refractivity contribution in [3.05, 3.63) is 0 Å². The first kappa shape index (κ1) is 15.9. The lowest BCUT2D eigenvalue weighted by Crippen LogP contribution is -2.57. The van der Waals surface area contributed by atoms with Crippen molar-refractivity contribution in [3.63, 3.8) is 0 Å². The molecule has 0 radical (unpaired) electrons. The third kappa shape index (κ3) is 3.17. The van der Waals surface area contributed by atoms with Gasteiger partial charge in [0.05, 0.1) is 6.54 Å². The molecule has 5 rings (SSSR count). The van der Waals surface area contributed by atoms with Crippen molar-refractivity contribution in [2.75, 3.05) is 39.8 Å². The van der Waals surface area contributed by atoms with Crippen molar-refractivity contribution < 1.29 is 4.79 Å². The fourth-order valence-corrected chi connectivity index (χ4v) is 6.36. The third-order valence-electron chi connectivity index (χ3n) is 7.34. The van der Waals surface area contributed by atoms with E-state index in [-0.39, 0.29) is 5.91 Å². The fourth-order valence-electron chi connectivity index (χ4n) is 6.36. The van der Waals surface area contributed by atoms with Gasteiger partial charge in [-0.3, -0.25) is 9.69 Å². The van der Waals surface area contributed by atoms with Gasteiger partial charge in [0.1, 0.15) is 0 Å². The zero-order valence-electron chi connectivity index (χ0n) is 14.9. The quantitative estimate of drug-likeness (QED) is 0.860. The molecule has 4 heteroatoms. The van der Waals surface area contributed by atoms with Gasteiger partial charge in [-0.15, -0.1) is 0 Å². The normalized spacial score (nSPS) is 41.9. The molecule has 1 amide bonds. The summed E-state index contributed by atoms with van der Waals surface area (Å²) in [5, 5.41) is 3.40. The van der Waals surface area contributed by atoms with Crippen LogP contribution in [0.2, 0.25) is 0 Å². The van der Waals surface area contributed by atoms with Crippen LogP contribution in [0, 0.1) is 23.2 Å². The van der Waals surface area contributed by atoms with Crippen LogP contribution in [0.1, 0.15) is 45.4 Å². The molecule has 4 nitrogen and oxygen atoms in total. The molecule has 23 heavy (non-hydrogen) atoms. The summed E-state index contributed by atoms with van der Waals surface area (Å²) in [4.78, 5) is 17.2. The number of nitrogens with zero attached hydrogens (tertiary/aromatic N) is 2. The van der Waals surface area contributed by atoms with E-state index in [1.165, 1.54) is 38.5 Å². The van der Waals surface area contributed by atoms with Gasteiger partial charge in [-0.25, -0.2) is 0 Å². The molecule has 0 aromatic rings. The molecule has 1 N–H and O–H groups in total. The Kier molecular flexibility index (Phi) is 4.17. The van der Waals surface area contributed by atoms with Gasteiger partial charge in [0.15, 0.2) is 0 Å². The first-order valence-electron chi connectivity index (χ1n) is 9.73. The van der Waals surface area contributed by atoms with Crippen LogP contribution in [-0.4, -0.2) is 61.5 Å². The van der Waals surface area contributed by atoms with E-state index in [1.54, 1.807) is 0 Å². The number of piperazine rings is 1. The van der Waals surface area contributed by atoms with E-state index < -0.39 is 0 Å². The second-order valence-electron chi connectivity index (χ2n) is 9.15. The Balaban J connectivity index is 1.33. The van der Waals surface area contributed by atoms with Gasteiger partial charge >= 0.3 is 0 Å². The SMILES string of the molecule is C[C@H](NC(=O)CN1CCN(C)CC1)C12CC3CC(CC(C3)C1)C2. The summed E-state index contributed by atoms with van der Waals surface area (Å²) in [6.45, 7) is 7.08. The molecule has 1 heterocycles. The molecule has 130 valence electrons. The second kappa shape index (κ2) is 6.03. The average molecular weight is 319 g/mol. The molecule has 4 bridgehead atoms. The van der Waals surface area contributed by atoms with Gasteiger partial charge in [0.2, 0.25) is 5.91 Å². The molecule has 4 aliphatic carbocycles. The minimum atomic E-state index is 0.248. The van der Waals surface area contributed by atoms with Gasteiger partial charge in [0.25, 0.3) is 0 Å². The lowest BCUT2D eigenvalue weighted by Gasteiger charge is -2.59. The van der Waals surface area contributed by atoms with E-state index in [4.69, 9.17) is 0 Å². The number of carbonyl (C=O) groups is 1. The monoisotopic (exact) mass is 319 g/mol. The van der Waals surface area contributed by atoms with Crippen LogP contribution in [-0.2, 0) is 4.79 Å². The zero-order chi connectivity index (χ0) is 16.0. The highest BCUT2D eigenvalue weighted by Crippen LogP contribution is 2.61. The molecule has 1 atom stereocenters. The van der Waals surface area contributed by atoms with Crippen LogP contribution in [0.5, 0.6) is 0 Å². The Labute approximate surface area is 141 Å². The molecular weight excluding hydrogens is 286 g/mol. The van der Waals surface area contributed by atoms with Crippen molar-refractivity contribution in [1.29, 1.82) is 0 Å². The van der Waals surface area contributed by atoms with Crippen LogP contribution in [0.15, 0.2) is 0 Å². The molecule has 1 saturated heterocycles. The lowest BCUT2D eigenvalue weighted by atomic mass is 9.48. The van der Waals surface area contributed by atoms with E-state index in [2.05, 4.69) is 29.1 Å². The predicted molar refractivity (Wildman–Crippen MR) is 92.1 cm³/mol. The minimum Gasteiger partial charge on any atom is -0.352 e. The maximum Gasteiger partial charge on any atom is 0.234 e. The highest BCUT2D eigenvalue weighted by atomic mass is 16.2. The summed E-state index contributed by atoms with van der Waals surface area (Å²) in [7, 11) is 2.16. The number of amides is 1. The van der Waals surface area contributed by atoms with E-state index in [1.807, 2.05) is 0 Å². The molecule has 0 aromatic heterocycles. The molecule has 0 unspecified atom stereocenters. The topological polar surface area (TPSA) is 35.6 Å². The minimum absolute atomic E-state index is 0.248. The Morgan fingerprint density at radius 3 is 2.09 bits per heavy atom. The number of nitrogens with one attached hydrogen (secondary N) is 1. The maximum atomic E-state index is 12.5. The lowest BCUT2D eigenvalue weighted by molar-refractivity contribution is -0.127. The van der Waals surface area contributed by atoms with Crippen LogP contribution < -0.4 is 5.32 Å². The number of hydrogen-bond acceptors (Lipinski definition) is 3. The molecule has 5 fully saturated rings. The van der Waals surface area contributed by atoms with Crippen molar-refractivity contribution >= 4 is 5.91 Å². The van der Waals surface area contributed by atoms with Gasteiger partial charge in [-0.1, -0.05) is 0 Å². The standard InChI is InChI=1S/C19H33N3O/c1-14(20-18(23)13-22-5-3-21(2)4-6-22)19-10-15-7-16(11-19)9-17(8-15)12-19/h14-17H,3-13H2,1-2H3,(H,20,23)/t14-,15?,16?,17?,19?/m0/s1. The van der Waals surface area contributed by atoms with Crippen LogP contribution in [0.3, 0.4) is 0 Å². The molecule has 4 saturated carbocycles. The van der Waals surface area contributed by atoms with Crippen LogP contribution in [0.25, 0.3) is 0 Å². The van der Waals surface area contributed by atoms with E-state index in [9.17, 15) is 4.79 Å². The van der Waals surface area contributed by atoms with Gasteiger partial charge in [-0.05, 0) is 75.7 Å². The summed E-state index contributed by atoms with van der Waals surface area (Å²) >= 11 is 0. The largest absolute Gasteiger partial charge is 0.352 e. The van der Waals surface area contributed by atoms with Crippen molar-refractivity contribution in [1.82, 2.24) is 15.1 Å². The van der Waals surface area contributed by atoms with E-state index >= 15 is 0 Å². The summed E-state index contributed by atoms with van der Waals surface area (Å²) in [5.41, 5.74) is 0.423. The Bertz CT molecular complexity index is 420. The zero-order valence-corrected chi connectivity index (χ0v) is 14.9. The third-order valence-corrected chi connectivity index (χ3v) is 7.34. The smallest absolute Gasteiger partial charge is 0.234 e. The highest BCUT2D eigenvalue weighted by molar-refractivity contribution is 5.78. The Morgan fingerprint density at radius 2 is 1.57 bits per heavy atom. The van der Waals surface area contributed by atoms with E-state index in [0.717, 1.165) is 43.9 Å². The van der Waals surface area contributed by atoms with Crippen molar-refractivity contribution in [3.8, 4) is 0 Å². The molecule has 0 spiro atoms. The van der Waals surface area contributed by atoms with Crippen LogP contribution >= 0.6 is 0 Å². The first-order chi connectivity index (χ1) is 11.0. The molecular formula is C19H33N3O. The fraction of sp³-hybridized carbons (Fsp3) is 0.947. The average Bonchev–Trinajstić information content (AvgIpc) is 2.48. The molecule has 1 aliphatic heterocycles. The van der Waals surface area contributed by atoms with Gasteiger partial charge in [-0.2, -0.15) is 0 Å². The Hall–Kier alpha value is -0.610. The number of carbonyl (C=O) groups excluding carboxylic acids is 1. The summed E-state index contributed by atoms with van der Waals surface area (Å²) in [6, 6.07) is 0.357. The van der Waals surface area contributed by atoms with E-state index in [0.29, 0.717) is 18.0 Å². The maximum absolute atomic E-state index is 12.5. The predicted octanol–water partition coefficient (Wildman–Crippen LogP) is 1.95. The number of hydrogen-bond donors (Lipinski definition) is 1. The summed E-state index contributed by atoms with van der Waals surface area (Å²) < 4.78 is 0. The molecule has 5 aliphatic rings. The van der Waals surface area contributed by atoms with Gasteiger partial charge in [0, 0.05) is 32.2 Å². The summed E-state index contributed by atoms with van der Waals surface area (Å²) in [5.74, 6) is 3.12. The molecule has 0 aromatic carbocycles.